The molecule has 0 unspecified atom stereocenters. The molecule has 0 bridgehead atoms. The van der Waals surface area contributed by atoms with Gasteiger partial charge >= 0.3 is 0 Å². The average Bonchev–Trinajstić information content (AvgIpc) is 2.38. The van der Waals surface area contributed by atoms with E-state index in [1.807, 2.05) is 13.0 Å². The van der Waals surface area contributed by atoms with Crippen molar-refractivity contribution >= 4 is 11.4 Å². The average molecular weight is 260 g/mol. The van der Waals surface area contributed by atoms with Crippen LogP contribution in [0.5, 0.6) is 0 Å². The van der Waals surface area contributed by atoms with Gasteiger partial charge in [-0.3, -0.25) is 10.1 Å². The van der Waals surface area contributed by atoms with E-state index in [-0.39, 0.29) is 11.5 Å². The summed E-state index contributed by atoms with van der Waals surface area (Å²) in [6, 6.07) is 11.0. The van der Waals surface area contributed by atoms with Gasteiger partial charge in [-0.25, -0.2) is 4.39 Å². The molecule has 4 nitrogen and oxygen atoms in total. The maximum absolute atomic E-state index is 13.6. The maximum atomic E-state index is 13.6. The Morgan fingerprint density at radius 3 is 2.47 bits per heavy atom. The third kappa shape index (κ3) is 3.07. The van der Waals surface area contributed by atoms with E-state index in [0.29, 0.717) is 12.2 Å². The first-order chi connectivity index (χ1) is 9.08. The molecule has 19 heavy (non-hydrogen) atoms. The van der Waals surface area contributed by atoms with Crippen LogP contribution in [-0.4, -0.2) is 4.92 Å². The van der Waals surface area contributed by atoms with Crippen molar-refractivity contribution in [2.24, 2.45) is 0 Å². The number of hydrogen-bond acceptors (Lipinski definition) is 3. The SMILES string of the molecule is Cc1cccc(F)c1NCc1ccc([N+](=O)[O-])cc1. The van der Waals surface area contributed by atoms with Gasteiger partial charge in [-0.1, -0.05) is 24.3 Å². The molecule has 2 rings (SSSR count). The Labute approximate surface area is 110 Å². The Hall–Kier alpha value is -2.43. The molecular formula is C14H13FN2O2. The summed E-state index contributed by atoms with van der Waals surface area (Å²) in [6.45, 7) is 2.24. The van der Waals surface area contributed by atoms with Crippen LogP contribution in [0.3, 0.4) is 0 Å². The number of non-ortho nitro benzene ring substituents is 1. The molecule has 0 fully saturated rings. The molecular weight excluding hydrogens is 247 g/mol. The van der Waals surface area contributed by atoms with Crippen molar-refractivity contribution in [1.29, 1.82) is 0 Å². The number of benzene rings is 2. The fourth-order valence-corrected chi connectivity index (χ4v) is 1.78. The van der Waals surface area contributed by atoms with Gasteiger partial charge in [-0.2, -0.15) is 0 Å². The highest BCUT2D eigenvalue weighted by atomic mass is 19.1. The number of rotatable bonds is 4. The maximum Gasteiger partial charge on any atom is 0.269 e. The largest absolute Gasteiger partial charge is 0.378 e. The van der Waals surface area contributed by atoms with Crippen LogP contribution in [0.1, 0.15) is 11.1 Å². The van der Waals surface area contributed by atoms with E-state index in [2.05, 4.69) is 5.32 Å². The second-order valence-electron chi connectivity index (χ2n) is 4.21. The zero-order chi connectivity index (χ0) is 13.8. The molecule has 0 radical (unpaired) electrons. The molecule has 0 atom stereocenters. The van der Waals surface area contributed by atoms with Crippen molar-refractivity contribution < 1.29 is 9.31 Å². The molecule has 0 aliphatic carbocycles. The predicted octanol–water partition coefficient (Wildman–Crippen LogP) is 3.65. The minimum atomic E-state index is -0.446. The summed E-state index contributed by atoms with van der Waals surface area (Å²) in [6.07, 6.45) is 0. The zero-order valence-electron chi connectivity index (χ0n) is 10.4. The minimum Gasteiger partial charge on any atom is -0.378 e. The van der Waals surface area contributed by atoms with Crippen molar-refractivity contribution in [3.8, 4) is 0 Å². The molecule has 1 N–H and O–H groups in total. The highest BCUT2D eigenvalue weighted by Crippen LogP contribution is 2.20. The van der Waals surface area contributed by atoms with Gasteiger partial charge in [0.05, 0.1) is 10.6 Å². The number of aryl methyl sites for hydroxylation is 1. The Bertz CT molecular complexity index is 577. The normalized spacial score (nSPS) is 10.2. The van der Waals surface area contributed by atoms with Crippen molar-refractivity contribution in [3.05, 3.63) is 69.5 Å². The molecule has 0 amide bonds. The van der Waals surface area contributed by atoms with E-state index >= 15 is 0 Å². The third-order valence-electron chi connectivity index (χ3n) is 2.84. The van der Waals surface area contributed by atoms with Crippen LogP contribution in [0.4, 0.5) is 15.8 Å². The summed E-state index contributed by atoms with van der Waals surface area (Å²) in [7, 11) is 0. The molecule has 2 aromatic carbocycles. The summed E-state index contributed by atoms with van der Waals surface area (Å²) in [5.41, 5.74) is 2.18. The summed E-state index contributed by atoms with van der Waals surface area (Å²) < 4.78 is 13.6. The number of halogens is 1. The first kappa shape index (κ1) is 13.0. The van der Waals surface area contributed by atoms with E-state index in [9.17, 15) is 14.5 Å². The first-order valence-corrected chi connectivity index (χ1v) is 5.80. The van der Waals surface area contributed by atoms with E-state index in [1.54, 1.807) is 18.2 Å². The first-order valence-electron chi connectivity index (χ1n) is 5.80. The van der Waals surface area contributed by atoms with Crippen LogP contribution in [0, 0.1) is 22.9 Å². The van der Waals surface area contributed by atoms with Crippen molar-refractivity contribution in [1.82, 2.24) is 0 Å². The highest BCUT2D eigenvalue weighted by molar-refractivity contribution is 5.52. The minimum absolute atomic E-state index is 0.0471. The van der Waals surface area contributed by atoms with Gasteiger partial charge in [0, 0.05) is 18.7 Å². The van der Waals surface area contributed by atoms with Gasteiger partial charge in [0.1, 0.15) is 5.82 Å². The molecule has 0 heterocycles. The predicted molar refractivity (Wildman–Crippen MR) is 71.6 cm³/mol. The number of nitrogens with zero attached hydrogens (tertiary/aromatic N) is 1. The lowest BCUT2D eigenvalue weighted by atomic mass is 10.1. The Morgan fingerprint density at radius 1 is 1.21 bits per heavy atom. The van der Waals surface area contributed by atoms with Gasteiger partial charge in [0.25, 0.3) is 5.69 Å². The van der Waals surface area contributed by atoms with E-state index in [4.69, 9.17) is 0 Å². The molecule has 0 aliphatic rings. The van der Waals surface area contributed by atoms with Gasteiger partial charge in [0.2, 0.25) is 0 Å². The lowest BCUT2D eigenvalue weighted by Gasteiger charge is -2.10. The molecule has 5 heteroatoms. The number of nitro benzene ring substituents is 1. The van der Waals surface area contributed by atoms with Gasteiger partial charge < -0.3 is 5.32 Å². The standard InChI is InChI=1S/C14H13FN2O2/c1-10-3-2-4-13(15)14(10)16-9-11-5-7-12(8-6-11)17(18)19/h2-8,16H,9H2,1H3. The smallest absolute Gasteiger partial charge is 0.269 e. The summed E-state index contributed by atoms with van der Waals surface area (Å²) in [5, 5.41) is 13.5. The highest BCUT2D eigenvalue weighted by Gasteiger charge is 2.06. The zero-order valence-corrected chi connectivity index (χ0v) is 10.4. The fraction of sp³-hybridized carbons (Fsp3) is 0.143. The van der Waals surface area contributed by atoms with Crippen LogP contribution in [0.15, 0.2) is 42.5 Å². The van der Waals surface area contributed by atoms with Crippen LogP contribution in [-0.2, 0) is 6.54 Å². The molecule has 0 saturated carbocycles. The Morgan fingerprint density at radius 2 is 1.89 bits per heavy atom. The molecule has 0 saturated heterocycles. The van der Waals surface area contributed by atoms with Crippen LogP contribution in [0.2, 0.25) is 0 Å². The topological polar surface area (TPSA) is 55.2 Å². The monoisotopic (exact) mass is 260 g/mol. The Kier molecular flexibility index (Phi) is 3.75. The number of nitro groups is 1. The lowest BCUT2D eigenvalue weighted by Crippen LogP contribution is -2.03. The summed E-state index contributed by atoms with van der Waals surface area (Å²) >= 11 is 0. The van der Waals surface area contributed by atoms with Crippen LogP contribution in [0.25, 0.3) is 0 Å². The van der Waals surface area contributed by atoms with Crippen molar-refractivity contribution in [2.45, 2.75) is 13.5 Å². The van der Waals surface area contributed by atoms with Gasteiger partial charge in [-0.05, 0) is 24.1 Å². The number of anilines is 1. The molecule has 0 aliphatic heterocycles. The third-order valence-corrected chi connectivity index (χ3v) is 2.84. The summed E-state index contributed by atoms with van der Waals surface area (Å²) in [5.74, 6) is -0.304. The molecule has 0 spiro atoms. The number of para-hydroxylation sites is 1. The van der Waals surface area contributed by atoms with Crippen LogP contribution < -0.4 is 5.32 Å². The summed E-state index contributed by atoms with van der Waals surface area (Å²) in [4.78, 5) is 10.1. The lowest BCUT2D eigenvalue weighted by molar-refractivity contribution is -0.384. The van der Waals surface area contributed by atoms with Gasteiger partial charge in [-0.15, -0.1) is 0 Å². The van der Waals surface area contributed by atoms with E-state index in [0.717, 1.165) is 11.1 Å². The van der Waals surface area contributed by atoms with Gasteiger partial charge in [0.15, 0.2) is 0 Å². The van der Waals surface area contributed by atoms with E-state index in [1.165, 1.54) is 18.2 Å². The number of nitrogens with one attached hydrogen (secondary N) is 1. The molecule has 0 aromatic heterocycles. The molecule has 98 valence electrons. The van der Waals surface area contributed by atoms with Crippen LogP contribution >= 0.6 is 0 Å². The quantitative estimate of drug-likeness (QED) is 0.674. The second kappa shape index (κ2) is 5.48. The second-order valence-corrected chi connectivity index (χ2v) is 4.21. The van der Waals surface area contributed by atoms with Crippen molar-refractivity contribution in [2.75, 3.05) is 5.32 Å². The number of hydrogen-bond donors (Lipinski definition) is 1. The Balaban J connectivity index is 2.08. The fourth-order valence-electron chi connectivity index (χ4n) is 1.78. The van der Waals surface area contributed by atoms with Crippen molar-refractivity contribution in [3.63, 3.8) is 0 Å². The van der Waals surface area contributed by atoms with E-state index < -0.39 is 4.92 Å². The molecule has 2 aromatic rings.